The van der Waals surface area contributed by atoms with Gasteiger partial charge in [-0.25, -0.2) is 0 Å². The lowest BCUT2D eigenvalue weighted by Gasteiger charge is -2.20. The molecule has 2 aromatic carbocycles. The number of nitrogens with zero attached hydrogens (tertiary/aromatic N) is 1. The molecule has 20 heavy (non-hydrogen) atoms. The Kier molecular flexibility index (Phi) is 4.48. The second-order valence-corrected chi connectivity index (χ2v) is 4.87. The van der Waals surface area contributed by atoms with Crippen molar-refractivity contribution in [1.82, 2.24) is 5.32 Å². The minimum atomic E-state index is -0.380. The monoisotopic (exact) mass is 270 g/mol. The number of non-ortho nitro benzene ring substituents is 1. The number of nitro benzene ring substituents is 1. The number of hydrogen-bond donors (Lipinski definition) is 1. The number of rotatable bonds is 5. The van der Waals surface area contributed by atoms with Crippen LogP contribution in [0.1, 0.15) is 37.1 Å². The van der Waals surface area contributed by atoms with Crippen LogP contribution in [0.2, 0.25) is 0 Å². The van der Waals surface area contributed by atoms with Crippen molar-refractivity contribution in [2.45, 2.75) is 25.9 Å². The molecular formula is C16H18N2O2. The van der Waals surface area contributed by atoms with Crippen molar-refractivity contribution in [2.75, 3.05) is 0 Å². The maximum atomic E-state index is 10.6. The zero-order valence-electron chi connectivity index (χ0n) is 11.6. The summed E-state index contributed by atoms with van der Waals surface area (Å²) in [6.07, 6.45) is 0. The molecule has 1 N–H and O–H groups in total. The van der Waals surface area contributed by atoms with Gasteiger partial charge in [-0.3, -0.25) is 10.1 Å². The first-order valence-corrected chi connectivity index (χ1v) is 6.63. The van der Waals surface area contributed by atoms with Crippen molar-refractivity contribution in [1.29, 1.82) is 0 Å². The van der Waals surface area contributed by atoms with Crippen molar-refractivity contribution in [3.8, 4) is 0 Å². The molecule has 0 bridgehead atoms. The smallest absolute Gasteiger partial charge is 0.269 e. The average molecular weight is 270 g/mol. The standard InChI is InChI=1S/C16H18N2O2/c1-12(14-6-4-3-5-7-14)17-13(2)15-8-10-16(11-9-15)18(19)20/h3-13,17H,1-2H3/t12-,13?/m0/s1. The molecule has 0 saturated carbocycles. The fourth-order valence-electron chi connectivity index (χ4n) is 2.19. The largest absolute Gasteiger partial charge is 0.304 e. The molecule has 2 aromatic rings. The summed E-state index contributed by atoms with van der Waals surface area (Å²) in [6, 6.07) is 17.2. The van der Waals surface area contributed by atoms with E-state index >= 15 is 0 Å². The van der Waals surface area contributed by atoms with E-state index in [0.717, 1.165) is 5.56 Å². The first-order valence-electron chi connectivity index (χ1n) is 6.63. The second kappa shape index (κ2) is 6.30. The van der Waals surface area contributed by atoms with Gasteiger partial charge < -0.3 is 5.32 Å². The van der Waals surface area contributed by atoms with Crippen molar-refractivity contribution in [3.63, 3.8) is 0 Å². The minimum absolute atomic E-state index is 0.122. The second-order valence-electron chi connectivity index (χ2n) is 4.87. The molecule has 4 heteroatoms. The van der Waals surface area contributed by atoms with E-state index in [1.165, 1.54) is 5.56 Å². The fraction of sp³-hybridized carbons (Fsp3) is 0.250. The fourth-order valence-corrected chi connectivity index (χ4v) is 2.19. The van der Waals surface area contributed by atoms with Gasteiger partial charge in [0.05, 0.1) is 4.92 Å². The summed E-state index contributed by atoms with van der Waals surface area (Å²) in [6.45, 7) is 4.16. The molecule has 0 fully saturated rings. The maximum absolute atomic E-state index is 10.6. The number of nitro groups is 1. The quantitative estimate of drug-likeness (QED) is 0.659. The highest BCUT2D eigenvalue weighted by Crippen LogP contribution is 2.21. The van der Waals surface area contributed by atoms with Gasteiger partial charge in [0.25, 0.3) is 5.69 Å². The van der Waals surface area contributed by atoms with Crippen molar-refractivity contribution >= 4 is 5.69 Å². The van der Waals surface area contributed by atoms with Gasteiger partial charge >= 0.3 is 0 Å². The molecular weight excluding hydrogens is 252 g/mol. The van der Waals surface area contributed by atoms with Crippen LogP contribution in [0.15, 0.2) is 54.6 Å². The zero-order valence-corrected chi connectivity index (χ0v) is 11.6. The lowest BCUT2D eigenvalue weighted by atomic mass is 10.0. The van der Waals surface area contributed by atoms with Gasteiger partial charge in [-0.1, -0.05) is 42.5 Å². The lowest BCUT2D eigenvalue weighted by Crippen LogP contribution is -2.22. The molecule has 104 valence electrons. The Morgan fingerprint density at radius 3 is 1.90 bits per heavy atom. The summed E-state index contributed by atoms with van der Waals surface area (Å²) in [7, 11) is 0. The van der Waals surface area contributed by atoms with E-state index in [9.17, 15) is 10.1 Å². The maximum Gasteiger partial charge on any atom is 0.269 e. The van der Waals surface area contributed by atoms with Gasteiger partial charge in [-0.2, -0.15) is 0 Å². The minimum Gasteiger partial charge on any atom is -0.304 e. The Labute approximate surface area is 118 Å². The summed E-state index contributed by atoms with van der Waals surface area (Å²) in [5, 5.41) is 14.1. The van der Waals surface area contributed by atoms with Crippen molar-refractivity contribution < 1.29 is 4.92 Å². The van der Waals surface area contributed by atoms with Crippen LogP contribution in [-0.2, 0) is 0 Å². The van der Waals surface area contributed by atoms with E-state index in [1.807, 2.05) is 18.2 Å². The molecule has 0 aliphatic rings. The predicted molar refractivity (Wildman–Crippen MR) is 79.5 cm³/mol. The highest BCUT2D eigenvalue weighted by Gasteiger charge is 2.12. The zero-order chi connectivity index (χ0) is 14.5. The van der Waals surface area contributed by atoms with Crippen LogP contribution in [-0.4, -0.2) is 4.92 Å². The predicted octanol–water partition coefficient (Wildman–Crippen LogP) is 4.01. The summed E-state index contributed by atoms with van der Waals surface area (Å²) in [4.78, 5) is 10.3. The van der Waals surface area contributed by atoms with E-state index in [0.29, 0.717) is 0 Å². The Morgan fingerprint density at radius 2 is 1.40 bits per heavy atom. The summed E-state index contributed by atoms with van der Waals surface area (Å²) in [5.74, 6) is 0. The molecule has 1 unspecified atom stereocenters. The third-order valence-electron chi connectivity index (χ3n) is 3.40. The van der Waals surface area contributed by atoms with Crippen LogP contribution in [0, 0.1) is 10.1 Å². The number of nitrogens with one attached hydrogen (secondary N) is 1. The highest BCUT2D eigenvalue weighted by molar-refractivity contribution is 5.34. The molecule has 0 radical (unpaired) electrons. The molecule has 0 spiro atoms. The number of hydrogen-bond acceptors (Lipinski definition) is 3. The molecule has 0 saturated heterocycles. The lowest BCUT2D eigenvalue weighted by molar-refractivity contribution is -0.384. The van der Waals surface area contributed by atoms with Crippen LogP contribution < -0.4 is 5.32 Å². The molecule has 2 rings (SSSR count). The van der Waals surface area contributed by atoms with E-state index in [4.69, 9.17) is 0 Å². The SMILES string of the molecule is CC(N[C@@H](C)c1ccccc1)c1ccc([N+](=O)[O-])cc1. The summed E-state index contributed by atoms with van der Waals surface area (Å²) in [5.41, 5.74) is 2.39. The number of benzene rings is 2. The van der Waals surface area contributed by atoms with E-state index < -0.39 is 0 Å². The van der Waals surface area contributed by atoms with Crippen LogP contribution in [0.3, 0.4) is 0 Å². The van der Waals surface area contributed by atoms with Gasteiger partial charge in [-0.05, 0) is 25.0 Å². The van der Waals surface area contributed by atoms with Crippen LogP contribution in [0.25, 0.3) is 0 Å². The Balaban J connectivity index is 2.04. The van der Waals surface area contributed by atoms with E-state index in [1.54, 1.807) is 24.3 Å². The molecule has 4 nitrogen and oxygen atoms in total. The van der Waals surface area contributed by atoms with Crippen molar-refractivity contribution in [2.24, 2.45) is 0 Å². The first-order chi connectivity index (χ1) is 9.58. The molecule has 2 atom stereocenters. The van der Waals surface area contributed by atoms with E-state index in [2.05, 4.69) is 31.3 Å². The van der Waals surface area contributed by atoms with Gasteiger partial charge in [0.1, 0.15) is 0 Å². The normalized spacial score (nSPS) is 13.7. The van der Waals surface area contributed by atoms with E-state index in [-0.39, 0.29) is 22.7 Å². The van der Waals surface area contributed by atoms with Crippen LogP contribution >= 0.6 is 0 Å². The third-order valence-corrected chi connectivity index (χ3v) is 3.40. The highest BCUT2D eigenvalue weighted by atomic mass is 16.6. The topological polar surface area (TPSA) is 55.2 Å². The van der Waals surface area contributed by atoms with Crippen molar-refractivity contribution in [3.05, 3.63) is 75.8 Å². The Hall–Kier alpha value is -2.20. The summed E-state index contributed by atoms with van der Waals surface area (Å²) >= 11 is 0. The molecule has 0 heterocycles. The Morgan fingerprint density at radius 1 is 0.900 bits per heavy atom. The van der Waals surface area contributed by atoms with Crippen LogP contribution in [0.5, 0.6) is 0 Å². The van der Waals surface area contributed by atoms with Gasteiger partial charge in [-0.15, -0.1) is 0 Å². The first kappa shape index (κ1) is 14.2. The summed E-state index contributed by atoms with van der Waals surface area (Å²) < 4.78 is 0. The van der Waals surface area contributed by atoms with Crippen LogP contribution in [0.4, 0.5) is 5.69 Å². The molecule has 0 amide bonds. The third kappa shape index (κ3) is 3.42. The molecule has 0 aliphatic heterocycles. The van der Waals surface area contributed by atoms with Gasteiger partial charge in [0.15, 0.2) is 0 Å². The van der Waals surface area contributed by atoms with Gasteiger partial charge in [0, 0.05) is 24.2 Å². The Bertz CT molecular complexity index is 567. The molecule has 0 aliphatic carbocycles. The average Bonchev–Trinajstić information content (AvgIpc) is 2.48. The molecule has 0 aromatic heterocycles. The van der Waals surface area contributed by atoms with Gasteiger partial charge in [0.2, 0.25) is 0 Å².